The molecule has 0 aliphatic heterocycles. The number of rotatable bonds is 8. The van der Waals surface area contributed by atoms with Crippen molar-refractivity contribution in [3.8, 4) is 5.69 Å². The van der Waals surface area contributed by atoms with Crippen molar-refractivity contribution in [2.45, 2.75) is 0 Å². The zero-order valence-electron chi connectivity index (χ0n) is 16.0. The van der Waals surface area contributed by atoms with Gasteiger partial charge < -0.3 is 5.32 Å². The third-order valence-electron chi connectivity index (χ3n) is 4.21. The summed E-state index contributed by atoms with van der Waals surface area (Å²) in [6.07, 6.45) is 6.72. The van der Waals surface area contributed by atoms with Crippen LogP contribution in [0.15, 0.2) is 109 Å². The van der Waals surface area contributed by atoms with Gasteiger partial charge in [-0.25, -0.2) is 0 Å². The highest BCUT2D eigenvalue weighted by Gasteiger charge is 2.13. The first-order chi connectivity index (χ1) is 14.1. The van der Waals surface area contributed by atoms with Gasteiger partial charge in [0.2, 0.25) is 0 Å². The lowest BCUT2D eigenvalue weighted by atomic mass is 10.2. The van der Waals surface area contributed by atoms with Crippen molar-refractivity contribution in [1.29, 1.82) is 0 Å². The Morgan fingerprint density at radius 2 is 1.90 bits per heavy atom. The molecule has 3 aromatic rings. The maximum Gasteiger partial charge on any atom is 0.193 e. The van der Waals surface area contributed by atoms with Crippen molar-refractivity contribution in [3.63, 3.8) is 0 Å². The summed E-state index contributed by atoms with van der Waals surface area (Å²) in [5, 5.41) is 5.50. The fourth-order valence-electron chi connectivity index (χ4n) is 2.91. The van der Waals surface area contributed by atoms with Gasteiger partial charge in [0.25, 0.3) is 0 Å². The number of hydrogen-bond donors (Lipinski definition) is 1. The summed E-state index contributed by atoms with van der Waals surface area (Å²) in [5.41, 5.74) is 2.92. The second kappa shape index (κ2) is 9.08. The Bertz CT molecular complexity index is 1190. The first-order valence-corrected chi connectivity index (χ1v) is 9.77. The van der Waals surface area contributed by atoms with Crippen LogP contribution in [0.1, 0.15) is 5.69 Å². The molecule has 29 heavy (non-hydrogen) atoms. The van der Waals surface area contributed by atoms with Crippen molar-refractivity contribution in [1.82, 2.24) is 9.55 Å². The maximum absolute atomic E-state index is 12.8. The molecule has 0 radical (unpaired) electrons. The molecule has 1 aromatic carbocycles. The quantitative estimate of drug-likeness (QED) is 0.479. The van der Waals surface area contributed by atoms with E-state index in [-0.39, 0.29) is 5.43 Å². The summed E-state index contributed by atoms with van der Waals surface area (Å²) in [6.45, 7) is 15.3. The number of anilines is 1. The Morgan fingerprint density at radius 3 is 2.55 bits per heavy atom. The van der Waals surface area contributed by atoms with Gasteiger partial charge in [-0.15, -0.1) is 0 Å². The molecule has 0 saturated heterocycles. The molecule has 0 saturated carbocycles. The third-order valence-corrected chi connectivity index (χ3v) is 4.87. The standard InChI is InChI=1S/C24H21N3OS/c1-5-11-18(6-2)26-24-15-23(28)20-16-25-21(17(4)29-7-3)14-22(20)27(24)19-12-9-8-10-13-19/h5-16,26H,1-4H2/b18-11+. The summed E-state index contributed by atoms with van der Waals surface area (Å²) in [7, 11) is 0. The first kappa shape index (κ1) is 20.2. The van der Waals surface area contributed by atoms with Gasteiger partial charge in [0.15, 0.2) is 5.43 Å². The Balaban J connectivity index is 2.34. The van der Waals surface area contributed by atoms with Crippen molar-refractivity contribution < 1.29 is 0 Å². The van der Waals surface area contributed by atoms with Gasteiger partial charge in [0.05, 0.1) is 16.6 Å². The van der Waals surface area contributed by atoms with Crippen LogP contribution in [-0.4, -0.2) is 9.55 Å². The van der Waals surface area contributed by atoms with Crippen LogP contribution >= 0.6 is 11.8 Å². The van der Waals surface area contributed by atoms with Gasteiger partial charge in [-0.05, 0) is 35.8 Å². The summed E-state index contributed by atoms with van der Waals surface area (Å²) in [4.78, 5) is 18.0. The molecule has 4 nitrogen and oxygen atoms in total. The van der Waals surface area contributed by atoms with Crippen LogP contribution in [-0.2, 0) is 0 Å². The second-order valence-electron chi connectivity index (χ2n) is 6.05. The summed E-state index contributed by atoms with van der Waals surface area (Å²) in [6, 6.07) is 13.2. The number of allylic oxidation sites excluding steroid dienone is 3. The van der Waals surface area contributed by atoms with E-state index in [1.807, 2.05) is 41.0 Å². The molecule has 5 heteroatoms. The van der Waals surface area contributed by atoms with Gasteiger partial charge in [-0.1, -0.05) is 62.4 Å². The van der Waals surface area contributed by atoms with Crippen molar-refractivity contribution >= 4 is 33.4 Å². The average Bonchev–Trinajstić information content (AvgIpc) is 2.74. The van der Waals surface area contributed by atoms with E-state index in [4.69, 9.17) is 0 Å². The summed E-state index contributed by atoms with van der Waals surface area (Å²) in [5.74, 6) is 0.612. The molecule has 2 heterocycles. The molecule has 1 N–H and O–H groups in total. The minimum absolute atomic E-state index is 0.127. The minimum Gasteiger partial charge on any atom is -0.341 e. The predicted octanol–water partition coefficient (Wildman–Crippen LogP) is 5.90. The molecule has 0 bridgehead atoms. The number of nitrogens with one attached hydrogen (secondary N) is 1. The van der Waals surface area contributed by atoms with Crippen LogP contribution < -0.4 is 10.7 Å². The average molecular weight is 400 g/mol. The van der Waals surface area contributed by atoms with Crippen LogP contribution in [0.2, 0.25) is 0 Å². The van der Waals surface area contributed by atoms with E-state index in [2.05, 4.69) is 36.6 Å². The van der Waals surface area contributed by atoms with Crippen molar-refractivity contribution in [3.05, 3.63) is 120 Å². The zero-order chi connectivity index (χ0) is 20.8. The molecule has 0 aliphatic rings. The molecule has 144 valence electrons. The number of thioether (sulfide) groups is 1. The van der Waals surface area contributed by atoms with Crippen LogP contribution in [0.5, 0.6) is 0 Å². The Labute approximate surface area is 174 Å². The van der Waals surface area contributed by atoms with Gasteiger partial charge in [0.1, 0.15) is 5.82 Å². The molecule has 0 atom stereocenters. The highest BCUT2D eigenvalue weighted by Crippen LogP contribution is 2.29. The minimum atomic E-state index is -0.127. The SMILES string of the molecule is C=C/C=C(\C=C)Nc1cc(=O)c2cnc(C(=C)SC=C)cc2n1-c1ccccc1. The van der Waals surface area contributed by atoms with Crippen molar-refractivity contribution in [2.75, 3.05) is 5.32 Å². The van der Waals surface area contributed by atoms with E-state index in [0.717, 1.165) is 21.8 Å². The predicted molar refractivity (Wildman–Crippen MR) is 126 cm³/mol. The van der Waals surface area contributed by atoms with Crippen LogP contribution in [0.25, 0.3) is 21.5 Å². The fraction of sp³-hybridized carbons (Fsp3) is 0. The molecule has 0 spiro atoms. The van der Waals surface area contributed by atoms with E-state index in [0.29, 0.717) is 16.9 Å². The van der Waals surface area contributed by atoms with Gasteiger partial charge in [-0.3, -0.25) is 14.3 Å². The lowest BCUT2D eigenvalue weighted by Gasteiger charge is -2.19. The number of pyridine rings is 2. The van der Waals surface area contributed by atoms with E-state index >= 15 is 0 Å². The molecule has 0 unspecified atom stereocenters. The number of aromatic nitrogens is 2. The fourth-order valence-corrected chi connectivity index (χ4v) is 3.35. The van der Waals surface area contributed by atoms with Crippen LogP contribution in [0.4, 0.5) is 5.82 Å². The Morgan fingerprint density at radius 1 is 1.14 bits per heavy atom. The van der Waals surface area contributed by atoms with Crippen LogP contribution in [0.3, 0.4) is 0 Å². The molecule has 0 fully saturated rings. The number of para-hydroxylation sites is 1. The van der Waals surface area contributed by atoms with Gasteiger partial charge >= 0.3 is 0 Å². The Kier molecular flexibility index (Phi) is 6.32. The molecule has 0 aliphatic carbocycles. The normalized spacial score (nSPS) is 11.1. The highest BCUT2D eigenvalue weighted by atomic mass is 32.2. The second-order valence-corrected chi connectivity index (χ2v) is 7.11. The first-order valence-electron chi connectivity index (χ1n) is 8.89. The monoisotopic (exact) mass is 399 g/mol. The molecule has 0 amide bonds. The molecule has 2 aromatic heterocycles. The van der Waals surface area contributed by atoms with Crippen LogP contribution in [0, 0.1) is 0 Å². The van der Waals surface area contributed by atoms with Gasteiger partial charge in [0, 0.05) is 28.6 Å². The lowest BCUT2D eigenvalue weighted by Crippen LogP contribution is -2.14. The zero-order valence-corrected chi connectivity index (χ0v) is 16.8. The number of fused-ring (bicyclic) bond motifs is 1. The number of benzene rings is 1. The van der Waals surface area contributed by atoms with Gasteiger partial charge in [-0.2, -0.15) is 0 Å². The molecular weight excluding hydrogens is 378 g/mol. The van der Waals surface area contributed by atoms with E-state index in [1.54, 1.807) is 35.9 Å². The smallest absolute Gasteiger partial charge is 0.193 e. The summed E-state index contributed by atoms with van der Waals surface area (Å²) >= 11 is 1.39. The largest absolute Gasteiger partial charge is 0.341 e. The Hall–Kier alpha value is -3.57. The highest BCUT2D eigenvalue weighted by molar-refractivity contribution is 8.10. The molecule has 3 rings (SSSR count). The third kappa shape index (κ3) is 4.31. The van der Waals surface area contributed by atoms with E-state index in [1.165, 1.54) is 11.8 Å². The lowest BCUT2D eigenvalue weighted by molar-refractivity contribution is 1.09. The number of nitrogens with zero attached hydrogens (tertiary/aromatic N) is 2. The van der Waals surface area contributed by atoms with Crippen molar-refractivity contribution in [2.24, 2.45) is 0 Å². The van der Waals surface area contributed by atoms with E-state index < -0.39 is 0 Å². The summed E-state index contributed by atoms with van der Waals surface area (Å²) < 4.78 is 1.98. The topological polar surface area (TPSA) is 46.9 Å². The van der Waals surface area contributed by atoms with E-state index in [9.17, 15) is 4.79 Å². The molecular formula is C24H21N3OS. The maximum atomic E-state index is 12.8. The number of hydrogen-bond acceptors (Lipinski definition) is 4.